The number of rotatable bonds is 4. The van der Waals surface area contributed by atoms with Gasteiger partial charge in [-0.2, -0.15) is 0 Å². The third-order valence-electron chi connectivity index (χ3n) is 5.18. The molecule has 3 atom stereocenters. The van der Waals surface area contributed by atoms with Gasteiger partial charge in [0.1, 0.15) is 5.92 Å². The van der Waals surface area contributed by atoms with Crippen LogP contribution in [0.5, 0.6) is 0 Å². The molecule has 130 valence electrons. The quantitative estimate of drug-likeness (QED) is 0.771. The van der Waals surface area contributed by atoms with Crippen molar-refractivity contribution in [1.29, 1.82) is 0 Å². The number of benzene rings is 1. The number of amides is 2. The second-order valence-corrected chi connectivity index (χ2v) is 7.62. The van der Waals surface area contributed by atoms with Crippen molar-refractivity contribution in [2.45, 2.75) is 38.1 Å². The Bertz CT molecular complexity index is 622. The summed E-state index contributed by atoms with van der Waals surface area (Å²) >= 11 is 3.42. The van der Waals surface area contributed by atoms with E-state index in [1.807, 2.05) is 24.3 Å². The smallest absolute Gasteiger partial charge is 0.239 e. The van der Waals surface area contributed by atoms with E-state index >= 15 is 0 Å². The summed E-state index contributed by atoms with van der Waals surface area (Å²) in [6.07, 6.45) is 4.88. The van der Waals surface area contributed by atoms with Gasteiger partial charge >= 0.3 is 0 Å². The molecule has 5 nitrogen and oxygen atoms in total. The Morgan fingerprint density at radius 1 is 1.29 bits per heavy atom. The van der Waals surface area contributed by atoms with Gasteiger partial charge in [0, 0.05) is 22.7 Å². The lowest BCUT2D eigenvalue weighted by atomic mass is 9.84. The largest absolute Gasteiger partial charge is 0.352 e. The van der Waals surface area contributed by atoms with Crippen LogP contribution >= 0.6 is 15.9 Å². The molecular weight excluding hydrogens is 370 g/mol. The van der Waals surface area contributed by atoms with Crippen LogP contribution in [0.4, 0.5) is 5.69 Å². The fourth-order valence-corrected chi connectivity index (χ4v) is 4.17. The van der Waals surface area contributed by atoms with E-state index in [0.29, 0.717) is 25.4 Å². The number of hydrogen-bond acceptors (Lipinski definition) is 3. The van der Waals surface area contributed by atoms with Gasteiger partial charge in [0.15, 0.2) is 0 Å². The highest BCUT2D eigenvalue weighted by molar-refractivity contribution is 9.10. The fourth-order valence-electron chi connectivity index (χ4n) is 3.79. The molecule has 3 rings (SSSR count). The number of carbonyl (C=O) groups excluding carboxylic acids is 2. The van der Waals surface area contributed by atoms with E-state index in [-0.39, 0.29) is 17.9 Å². The third-order valence-corrected chi connectivity index (χ3v) is 5.67. The van der Waals surface area contributed by atoms with Gasteiger partial charge in [-0.15, -0.1) is 0 Å². The maximum Gasteiger partial charge on any atom is 0.239 e. The number of nitrogens with two attached hydrogens (primary N) is 1. The van der Waals surface area contributed by atoms with Crippen LogP contribution in [0.3, 0.4) is 0 Å². The minimum Gasteiger partial charge on any atom is -0.352 e. The van der Waals surface area contributed by atoms with Gasteiger partial charge in [-0.05, 0) is 49.9 Å². The van der Waals surface area contributed by atoms with Crippen LogP contribution in [-0.2, 0) is 9.59 Å². The van der Waals surface area contributed by atoms with E-state index in [4.69, 9.17) is 5.73 Å². The van der Waals surface area contributed by atoms with E-state index in [1.54, 1.807) is 4.90 Å². The van der Waals surface area contributed by atoms with Crippen molar-refractivity contribution in [3.8, 4) is 0 Å². The van der Waals surface area contributed by atoms with E-state index < -0.39 is 5.92 Å². The highest BCUT2D eigenvalue weighted by atomic mass is 79.9. The van der Waals surface area contributed by atoms with Gasteiger partial charge in [-0.25, -0.2) is 0 Å². The van der Waals surface area contributed by atoms with Crippen molar-refractivity contribution in [3.63, 3.8) is 0 Å². The monoisotopic (exact) mass is 393 g/mol. The van der Waals surface area contributed by atoms with Crippen molar-refractivity contribution >= 4 is 33.4 Å². The predicted octanol–water partition coefficient (Wildman–Crippen LogP) is 2.44. The number of hydrogen-bond donors (Lipinski definition) is 2. The Balaban J connectivity index is 1.65. The fraction of sp³-hybridized carbons (Fsp3) is 0.556. The molecule has 1 saturated carbocycles. The molecular formula is C18H24BrN3O2. The molecule has 1 aliphatic heterocycles. The number of nitrogens with zero attached hydrogens (tertiary/aromatic N) is 1. The number of carbonyl (C=O) groups is 2. The standard InChI is InChI=1S/C18H24BrN3O2/c19-13-5-3-6-14(10-13)22-9-8-15(18(22)24)17(23)21-16-7-2-1-4-12(16)11-20/h3,5-6,10,12,15-16H,1-2,4,7-9,11,20H2,(H,21,23). The number of anilines is 1. The molecule has 3 unspecified atom stereocenters. The molecule has 2 amide bonds. The molecule has 1 aromatic rings. The zero-order chi connectivity index (χ0) is 17.1. The lowest BCUT2D eigenvalue weighted by Gasteiger charge is -2.31. The van der Waals surface area contributed by atoms with Gasteiger partial charge < -0.3 is 16.0 Å². The highest BCUT2D eigenvalue weighted by Crippen LogP contribution is 2.29. The van der Waals surface area contributed by atoms with Crippen LogP contribution < -0.4 is 16.0 Å². The first-order valence-electron chi connectivity index (χ1n) is 8.67. The van der Waals surface area contributed by atoms with E-state index in [2.05, 4.69) is 21.2 Å². The lowest BCUT2D eigenvalue weighted by molar-refractivity contribution is -0.133. The van der Waals surface area contributed by atoms with Crippen LogP contribution in [0.25, 0.3) is 0 Å². The van der Waals surface area contributed by atoms with Gasteiger partial charge in [0.05, 0.1) is 0 Å². The molecule has 2 aliphatic rings. The van der Waals surface area contributed by atoms with Gasteiger partial charge in [-0.1, -0.05) is 34.8 Å². The van der Waals surface area contributed by atoms with Crippen molar-refractivity contribution in [2.24, 2.45) is 17.6 Å². The maximum absolute atomic E-state index is 12.7. The van der Waals surface area contributed by atoms with E-state index in [1.165, 1.54) is 6.42 Å². The number of halogens is 1. The van der Waals surface area contributed by atoms with Crippen LogP contribution in [0.15, 0.2) is 28.7 Å². The van der Waals surface area contributed by atoms with Crippen LogP contribution in [0.2, 0.25) is 0 Å². The minimum absolute atomic E-state index is 0.106. The SMILES string of the molecule is NCC1CCCCC1NC(=O)C1CCN(c2cccc(Br)c2)C1=O. The summed E-state index contributed by atoms with van der Waals surface area (Å²) in [5.41, 5.74) is 6.67. The normalized spacial score (nSPS) is 27.3. The molecule has 24 heavy (non-hydrogen) atoms. The van der Waals surface area contributed by atoms with Crippen molar-refractivity contribution < 1.29 is 9.59 Å². The Kier molecular flexibility index (Phi) is 5.56. The first-order valence-corrected chi connectivity index (χ1v) is 9.47. The van der Waals surface area contributed by atoms with E-state index in [9.17, 15) is 9.59 Å². The first-order chi connectivity index (χ1) is 11.6. The van der Waals surface area contributed by atoms with Gasteiger partial charge in [0.25, 0.3) is 0 Å². The van der Waals surface area contributed by atoms with Gasteiger partial charge in [-0.3, -0.25) is 9.59 Å². The van der Waals surface area contributed by atoms with Gasteiger partial charge in [0.2, 0.25) is 11.8 Å². The second kappa shape index (κ2) is 7.66. The summed E-state index contributed by atoms with van der Waals surface area (Å²) in [4.78, 5) is 27.0. The van der Waals surface area contributed by atoms with Crippen molar-refractivity contribution in [2.75, 3.05) is 18.0 Å². The molecule has 1 aromatic carbocycles. The topological polar surface area (TPSA) is 75.4 Å². The summed E-state index contributed by atoms with van der Waals surface area (Å²) in [6.45, 7) is 1.17. The van der Waals surface area contributed by atoms with Crippen molar-refractivity contribution in [3.05, 3.63) is 28.7 Å². The Labute approximate surface area is 151 Å². The van der Waals surface area contributed by atoms with Crippen LogP contribution in [-0.4, -0.2) is 30.9 Å². The molecule has 1 aliphatic carbocycles. The lowest BCUT2D eigenvalue weighted by Crippen LogP contribution is -2.48. The molecule has 0 spiro atoms. The van der Waals surface area contributed by atoms with Crippen LogP contribution in [0, 0.1) is 11.8 Å². The summed E-state index contributed by atoms with van der Waals surface area (Å²) < 4.78 is 0.925. The maximum atomic E-state index is 12.7. The first kappa shape index (κ1) is 17.4. The Hall–Kier alpha value is -1.40. The third kappa shape index (κ3) is 3.64. The Morgan fingerprint density at radius 3 is 2.83 bits per heavy atom. The minimum atomic E-state index is -0.579. The van der Waals surface area contributed by atoms with Crippen molar-refractivity contribution in [1.82, 2.24) is 5.32 Å². The number of nitrogens with one attached hydrogen (secondary N) is 1. The summed E-state index contributed by atoms with van der Waals surface area (Å²) in [6, 6.07) is 7.74. The molecule has 2 fully saturated rings. The van der Waals surface area contributed by atoms with Crippen LogP contribution in [0.1, 0.15) is 32.1 Å². The molecule has 0 aromatic heterocycles. The summed E-state index contributed by atoms with van der Waals surface area (Å²) in [7, 11) is 0. The second-order valence-electron chi connectivity index (χ2n) is 6.71. The van der Waals surface area contributed by atoms with E-state index in [0.717, 1.165) is 29.4 Å². The molecule has 0 bridgehead atoms. The summed E-state index contributed by atoms with van der Waals surface area (Å²) in [5.74, 6) is -0.488. The molecule has 6 heteroatoms. The zero-order valence-corrected chi connectivity index (χ0v) is 15.3. The highest BCUT2D eigenvalue weighted by Gasteiger charge is 2.39. The zero-order valence-electron chi connectivity index (χ0n) is 13.7. The molecule has 1 saturated heterocycles. The molecule has 0 radical (unpaired) electrons. The average molecular weight is 394 g/mol. The average Bonchev–Trinajstić information content (AvgIpc) is 2.97. The summed E-state index contributed by atoms with van der Waals surface area (Å²) in [5, 5.41) is 3.10. The predicted molar refractivity (Wildman–Crippen MR) is 97.5 cm³/mol. The molecule has 1 heterocycles. The Morgan fingerprint density at radius 2 is 2.08 bits per heavy atom. The molecule has 3 N–H and O–H groups in total.